The Kier molecular flexibility index (Phi) is 5.94. The van der Waals surface area contributed by atoms with Crippen LogP contribution in [0.1, 0.15) is 12.5 Å². The van der Waals surface area contributed by atoms with Gasteiger partial charge in [0, 0.05) is 51.7 Å². The number of carbonyl (C=O) groups is 1. The SMILES string of the molecule is CC(=O)N1CCO[C@H](COc2nc(-c3cnc(N(C)C)c(C)c3)cc3nccnc23)C1. The summed E-state index contributed by atoms with van der Waals surface area (Å²) < 4.78 is 11.8. The van der Waals surface area contributed by atoms with Gasteiger partial charge in [0.2, 0.25) is 11.8 Å². The Morgan fingerprint density at radius 3 is 2.81 bits per heavy atom. The molecule has 4 rings (SSSR count). The normalized spacial score (nSPS) is 16.4. The summed E-state index contributed by atoms with van der Waals surface area (Å²) in [5, 5.41) is 0. The van der Waals surface area contributed by atoms with Gasteiger partial charge in [0.05, 0.1) is 24.4 Å². The summed E-state index contributed by atoms with van der Waals surface area (Å²) in [6.45, 7) is 5.44. The Morgan fingerprint density at radius 2 is 2.06 bits per heavy atom. The second-order valence-electron chi connectivity index (χ2n) is 7.76. The zero-order chi connectivity index (χ0) is 22.0. The standard InChI is InChI=1S/C22H26N6O3/c1-14-9-16(11-25-21(14)27(3)4)18-10-19-20(24-6-5-23-19)22(26-18)31-13-17-12-28(15(2)29)7-8-30-17/h5-6,9-11,17H,7-8,12-13H2,1-4H3/t17-/m0/s1. The highest BCUT2D eigenvalue weighted by Gasteiger charge is 2.23. The van der Waals surface area contributed by atoms with E-state index in [-0.39, 0.29) is 18.6 Å². The highest BCUT2D eigenvalue weighted by molar-refractivity contribution is 5.83. The van der Waals surface area contributed by atoms with E-state index in [9.17, 15) is 4.79 Å². The van der Waals surface area contributed by atoms with Gasteiger partial charge >= 0.3 is 0 Å². The molecule has 1 amide bonds. The van der Waals surface area contributed by atoms with Crippen LogP contribution in [0.15, 0.2) is 30.7 Å². The monoisotopic (exact) mass is 422 g/mol. The van der Waals surface area contributed by atoms with Gasteiger partial charge in [-0.15, -0.1) is 0 Å². The predicted octanol–water partition coefficient (Wildman–Crippen LogP) is 2.09. The number of rotatable bonds is 5. The molecule has 162 valence electrons. The molecule has 9 nitrogen and oxygen atoms in total. The number of ether oxygens (including phenoxy) is 2. The minimum absolute atomic E-state index is 0.0359. The van der Waals surface area contributed by atoms with Crippen LogP contribution in [-0.2, 0) is 9.53 Å². The number of hydrogen-bond donors (Lipinski definition) is 0. The van der Waals surface area contributed by atoms with Crippen LogP contribution < -0.4 is 9.64 Å². The van der Waals surface area contributed by atoms with Gasteiger partial charge in [-0.25, -0.2) is 15.0 Å². The summed E-state index contributed by atoms with van der Waals surface area (Å²) >= 11 is 0. The van der Waals surface area contributed by atoms with Crippen LogP contribution in [-0.4, -0.2) is 77.2 Å². The second-order valence-corrected chi connectivity index (χ2v) is 7.76. The summed E-state index contributed by atoms with van der Waals surface area (Å²) in [6, 6.07) is 3.93. The topological polar surface area (TPSA) is 93.6 Å². The van der Waals surface area contributed by atoms with Crippen molar-refractivity contribution in [3.63, 3.8) is 0 Å². The van der Waals surface area contributed by atoms with E-state index in [0.29, 0.717) is 42.3 Å². The molecule has 0 N–H and O–H groups in total. The molecule has 3 aromatic heterocycles. The molecule has 0 saturated carbocycles. The highest BCUT2D eigenvalue weighted by Crippen LogP contribution is 2.28. The maximum Gasteiger partial charge on any atom is 0.242 e. The summed E-state index contributed by atoms with van der Waals surface area (Å²) in [4.78, 5) is 33.5. The molecule has 1 aliphatic heterocycles. The second kappa shape index (κ2) is 8.81. The van der Waals surface area contributed by atoms with E-state index in [1.165, 1.54) is 0 Å². The number of anilines is 1. The number of aromatic nitrogens is 4. The zero-order valence-electron chi connectivity index (χ0n) is 18.2. The smallest absolute Gasteiger partial charge is 0.242 e. The molecule has 4 heterocycles. The quantitative estimate of drug-likeness (QED) is 0.617. The van der Waals surface area contributed by atoms with Crippen molar-refractivity contribution in [1.29, 1.82) is 0 Å². The summed E-state index contributed by atoms with van der Waals surface area (Å²) in [6.07, 6.45) is 4.83. The van der Waals surface area contributed by atoms with Crippen LogP contribution in [0.3, 0.4) is 0 Å². The molecule has 9 heteroatoms. The first-order chi connectivity index (χ1) is 14.9. The molecular weight excluding hydrogens is 396 g/mol. The Balaban J connectivity index is 1.63. The van der Waals surface area contributed by atoms with Crippen LogP contribution in [0.2, 0.25) is 0 Å². The summed E-state index contributed by atoms with van der Waals surface area (Å²) in [5.74, 6) is 1.33. The number of morpholine rings is 1. The Hall–Kier alpha value is -3.33. The number of aryl methyl sites for hydroxylation is 1. The molecule has 0 aromatic carbocycles. The van der Waals surface area contributed by atoms with Crippen molar-refractivity contribution in [1.82, 2.24) is 24.8 Å². The van der Waals surface area contributed by atoms with Gasteiger partial charge in [-0.1, -0.05) is 0 Å². The van der Waals surface area contributed by atoms with Crippen molar-refractivity contribution in [2.24, 2.45) is 0 Å². The largest absolute Gasteiger partial charge is 0.473 e. The van der Waals surface area contributed by atoms with Crippen molar-refractivity contribution in [2.75, 3.05) is 45.3 Å². The molecule has 0 spiro atoms. The number of amides is 1. The molecule has 1 saturated heterocycles. The molecule has 0 aliphatic carbocycles. The fraction of sp³-hybridized carbons (Fsp3) is 0.409. The highest BCUT2D eigenvalue weighted by atomic mass is 16.5. The lowest BCUT2D eigenvalue weighted by atomic mass is 10.1. The molecule has 1 atom stereocenters. The Labute approximate surface area is 181 Å². The van der Waals surface area contributed by atoms with Gasteiger partial charge in [-0.05, 0) is 24.6 Å². The van der Waals surface area contributed by atoms with E-state index < -0.39 is 0 Å². The van der Waals surface area contributed by atoms with E-state index in [2.05, 4.69) is 15.0 Å². The third kappa shape index (κ3) is 4.56. The average Bonchev–Trinajstić information content (AvgIpc) is 2.77. The fourth-order valence-electron chi connectivity index (χ4n) is 3.65. The van der Waals surface area contributed by atoms with Gasteiger partial charge in [0.15, 0.2) is 5.52 Å². The first-order valence-electron chi connectivity index (χ1n) is 10.2. The first-order valence-corrected chi connectivity index (χ1v) is 10.2. The van der Waals surface area contributed by atoms with Crippen LogP contribution in [0.25, 0.3) is 22.3 Å². The molecule has 1 aliphatic rings. The fourth-order valence-corrected chi connectivity index (χ4v) is 3.65. The van der Waals surface area contributed by atoms with Crippen molar-refractivity contribution in [3.8, 4) is 17.1 Å². The van der Waals surface area contributed by atoms with Gasteiger partial charge in [-0.2, -0.15) is 0 Å². The molecule has 0 unspecified atom stereocenters. The zero-order valence-corrected chi connectivity index (χ0v) is 18.2. The molecular formula is C22H26N6O3. The summed E-state index contributed by atoms with van der Waals surface area (Å²) in [5.41, 5.74) is 3.90. The third-order valence-corrected chi connectivity index (χ3v) is 5.18. The van der Waals surface area contributed by atoms with E-state index in [4.69, 9.17) is 14.5 Å². The molecule has 31 heavy (non-hydrogen) atoms. The minimum atomic E-state index is -0.224. The Bertz CT molecular complexity index is 1100. The van der Waals surface area contributed by atoms with E-state index >= 15 is 0 Å². The lowest BCUT2D eigenvalue weighted by Gasteiger charge is -2.32. The van der Waals surface area contributed by atoms with E-state index in [0.717, 1.165) is 16.9 Å². The van der Waals surface area contributed by atoms with Crippen molar-refractivity contribution in [3.05, 3.63) is 36.3 Å². The minimum Gasteiger partial charge on any atom is -0.473 e. The van der Waals surface area contributed by atoms with Crippen molar-refractivity contribution < 1.29 is 14.3 Å². The lowest BCUT2D eigenvalue weighted by molar-refractivity contribution is -0.137. The van der Waals surface area contributed by atoms with Crippen LogP contribution in [0, 0.1) is 6.92 Å². The number of fused-ring (bicyclic) bond motifs is 1. The number of nitrogens with zero attached hydrogens (tertiary/aromatic N) is 6. The van der Waals surface area contributed by atoms with E-state index in [1.807, 2.05) is 38.1 Å². The van der Waals surface area contributed by atoms with Crippen LogP contribution >= 0.6 is 0 Å². The van der Waals surface area contributed by atoms with Gasteiger partial charge in [0.25, 0.3) is 0 Å². The molecule has 1 fully saturated rings. The average molecular weight is 422 g/mol. The maximum absolute atomic E-state index is 11.7. The number of pyridine rings is 2. The number of carbonyl (C=O) groups excluding carboxylic acids is 1. The first kappa shape index (κ1) is 20.9. The van der Waals surface area contributed by atoms with Gasteiger partial charge in [0.1, 0.15) is 18.5 Å². The Morgan fingerprint density at radius 1 is 1.26 bits per heavy atom. The lowest BCUT2D eigenvalue weighted by Crippen LogP contribution is -2.46. The number of hydrogen-bond acceptors (Lipinski definition) is 8. The van der Waals surface area contributed by atoms with Crippen LogP contribution in [0.4, 0.5) is 5.82 Å². The summed E-state index contributed by atoms with van der Waals surface area (Å²) in [7, 11) is 3.93. The molecule has 3 aromatic rings. The molecule has 0 radical (unpaired) electrons. The predicted molar refractivity (Wildman–Crippen MR) is 117 cm³/mol. The van der Waals surface area contributed by atoms with Crippen LogP contribution in [0.5, 0.6) is 5.88 Å². The van der Waals surface area contributed by atoms with Crippen molar-refractivity contribution in [2.45, 2.75) is 20.0 Å². The van der Waals surface area contributed by atoms with Crippen molar-refractivity contribution >= 4 is 22.8 Å². The molecule has 0 bridgehead atoms. The van der Waals surface area contributed by atoms with Gasteiger partial charge < -0.3 is 19.3 Å². The van der Waals surface area contributed by atoms with Gasteiger partial charge in [-0.3, -0.25) is 9.78 Å². The maximum atomic E-state index is 11.7. The third-order valence-electron chi connectivity index (χ3n) is 5.18. The van der Waals surface area contributed by atoms with E-state index in [1.54, 1.807) is 30.4 Å².